The summed E-state index contributed by atoms with van der Waals surface area (Å²) in [5, 5.41) is 5.43. The molecule has 1 fully saturated rings. The van der Waals surface area contributed by atoms with Crippen molar-refractivity contribution in [2.24, 2.45) is 0 Å². The summed E-state index contributed by atoms with van der Waals surface area (Å²) in [5.41, 5.74) is 2.19. The maximum Gasteiger partial charge on any atom is 0.257 e. The molecule has 0 aliphatic carbocycles. The van der Waals surface area contributed by atoms with E-state index in [1.165, 1.54) is 18.5 Å². The molecule has 2 aromatic rings. The number of hydrogen-bond acceptors (Lipinski definition) is 5. The van der Waals surface area contributed by atoms with Gasteiger partial charge in [0.2, 0.25) is 0 Å². The number of hydrogen-bond donors (Lipinski definition) is 2. The van der Waals surface area contributed by atoms with E-state index >= 15 is 0 Å². The fourth-order valence-electron chi connectivity index (χ4n) is 2.71. The van der Waals surface area contributed by atoms with E-state index in [0.29, 0.717) is 12.1 Å². The average molecular weight is 373 g/mol. The van der Waals surface area contributed by atoms with Crippen LogP contribution in [-0.4, -0.2) is 42.8 Å². The molecule has 2 heterocycles. The van der Waals surface area contributed by atoms with E-state index in [-0.39, 0.29) is 28.5 Å². The molecule has 0 bridgehead atoms. The molecule has 2 amide bonds. The molecule has 1 saturated heterocycles. The van der Waals surface area contributed by atoms with Crippen LogP contribution in [0, 0.1) is 6.92 Å². The third-order valence-corrected chi connectivity index (χ3v) is 5.91. The predicted octanol–water partition coefficient (Wildman–Crippen LogP) is 1.56. The summed E-state index contributed by atoms with van der Waals surface area (Å²) >= 11 is 0. The smallest absolute Gasteiger partial charge is 0.257 e. The Labute approximate surface area is 151 Å². The van der Waals surface area contributed by atoms with E-state index in [9.17, 15) is 18.0 Å². The fourth-order valence-corrected chi connectivity index (χ4v) is 4.38. The van der Waals surface area contributed by atoms with E-state index in [0.717, 1.165) is 5.56 Å². The number of sulfone groups is 1. The summed E-state index contributed by atoms with van der Waals surface area (Å²) in [5.74, 6) is -0.793. The van der Waals surface area contributed by atoms with Crippen molar-refractivity contribution in [3.63, 3.8) is 0 Å². The van der Waals surface area contributed by atoms with E-state index in [4.69, 9.17) is 0 Å². The lowest BCUT2D eigenvalue weighted by Gasteiger charge is -2.11. The molecular weight excluding hydrogens is 354 g/mol. The third kappa shape index (κ3) is 4.45. The minimum absolute atomic E-state index is 0.0558. The molecule has 8 heteroatoms. The third-order valence-electron chi connectivity index (χ3n) is 4.14. The first-order chi connectivity index (χ1) is 12.3. The molecule has 3 rings (SSSR count). The largest absolute Gasteiger partial charge is 0.348 e. The van der Waals surface area contributed by atoms with Crippen molar-refractivity contribution in [1.29, 1.82) is 0 Å². The van der Waals surface area contributed by atoms with Crippen LogP contribution in [0.3, 0.4) is 0 Å². The van der Waals surface area contributed by atoms with Crippen molar-refractivity contribution in [1.82, 2.24) is 10.3 Å². The van der Waals surface area contributed by atoms with Gasteiger partial charge in [0.25, 0.3) is 11.8 Å². The van der Waals surface area contributed by atoms with Crippen LogP contribution >= 0.6 is 0 Å². The fraction of sp³-hybridized carbons (Fsp3) is 0.278. The summed E-state index contributed by atoms with van der Waals surface area (Å²) in [6, 6.07) is 8.38. The van der Waals surface area contributed by atoms with Gasteiger partial charge in [-0.25, -0.2) is 8.42 Å². The summed E-state index contributed by atoms with van der Waals surface area (Å²) in [6.45, 7) is 1.95. The van der Waals surface area contributed by atoms with Crippen LogP contribution in [0.5, 0.6) is 0 Å². The van der Waals surface area contributed by atoms with Crippen LogP contribution in [-0.2, 0) is 9.84 Å². The Balaban J connectivity index is 1.68. The van der Waals surface area contributed by atoms with Gasteiger partial charge >= 0.3 is 0 Å². The Morgan fingerprint density at radius 3 is 2.35 bits per heavy atom. The van der Waals surface area contributed by atoms with Crippen LogP contribution in [0.25, 0.3) is 0 Å². The van der Waals surface area contributed by atoms with Gasteiger partial charge in [-0.3, -0.25) is 14.6 Å². The van der Waals surface area contributed by atoms with Crippen molar-refractivity contribution >= 4 is 27.3 Å². The molecule has 1 aromatic carbocycles. The number of aromatic nitrogens is 1. The minimum atomic E-state index is -3.08. The molecule has 1 unspecified atom stereocenters. The van der Waals surface area contributed by atoms with Crippen molar-refractivity contribution < 1.29 is 18.0 Å². The first-order valence-corrected chi connectivity index (χ1v) is 9.99. The lowest BCUT2D eigenvalue weighted by molar-refractivity contribution is 0.0940. The number of carbonyl (C=O) groups excluding carboxylic acids is 2. The molecule has 7 nitrogen and oxygen atoms in total. The number of aryl methyl sites for hydroxylation is 1. The highest BCUT2D eigenvalue weighted by molar-refractivity contribution is 7.91. The van der Waals surface area contributed by atoms with E-state index in [1.807, 2.05) is 19.1 Å². The second-order valence-corrected chi connectivity index (χ2v) is 8.58. The molecule has 0 radical (unpaired) electrons. The number of carbonyl (C=O) groups is 2. The van der Waals surface area contributed by atoms with E-state index in [1.54, 1.807) is 12.1 Å². The van der Waals surface area contributed by atoms with Gasteiger partial charge < -0.3 is 10.6 Å². The molecule has 2 N–H and O–H groups in total. The number of nitrogens with zero attached hydrogens (tertiary/aromatic N) is 1. The van der Waals surface area contributed by atoms with Gasteiger partial charge in [0.15, 0.2) is 9.84 Å². The quantitative estimate of drug-likeness (QED) is 0.846. The number of benzene rings is 1. The van der Waals surface area contributed by atoms with Crippen LogP contribution in [0.2, 0.25) is 0 Å². The highest BCUT2D eigenvalue weighted by atomic mass is 32.2. The number of nitrogens with one attached hydrogen (secondary N) is 2. The molecule has 0 spiro atoms. The Kier molecular flexibility index (Phi) is 5.03. The number of rotatable bonds is 4. The Morgan fingerprint density at radius 1 is 1.08 bits per heavy atom. The van der Waals surface area contributed by atoms with Crippen LogP contribution in [0.1, 0.15) is 32.7 Å². The first kappa shape index (κ1) is 18.1. The summed E-state index contributed by atoms with van der Waals surface area (Å²) in [6.07, 6.45) is 3.12. The minimum Gasteiger partial charge on any atom is -0.348 e. The zero-order valence-electron chi connectivity index (χ0n) is 14.2. The van der Waals surface area contributed by atoms with Crippen molar-refractivity contribution in [3.8, 4) is 0 Å². The molecule has 0 saturated carbocycles. The lowest BCUT2D eigenvalue weighted by Crippen LogP contribution is -2.35. The predicted molar refractivity (Wildman–Crippen MR) is 97.9 cm³/mol. The normalized spacial score (nSPS) is 18.3. The topological polar surface area (TPSA) is 105 Å². The van der Waals surface area contributed by atoms with Gasteiger partial charge in [-0.15, -0.1) is 0 Å². The maximum atomic E-state index is 12.3. The van der Waals surface area contributed by atoms with E-state index < -0.39 is 21.8 Å². The number of pyridine rings is 1. The van der Waals surface area contributed by atoms with Gasteiger partial charge in [-0.1, -0.05) is 17.7 Å². The van der Waals surface area contributed by atoms with Crippen LogP contribution < -0.4 is 10.6 Å². The van der Waals surface area contributed by atoms with Crippen molar-refractivity contribution in [3.05, 3.63) is 59.4 Å². The molecular formula is C18H19N3O4S. The zero-order valence-corrected chi connectivity index (χ0v) is 15.0. The molecule has 1 atom stereocenters. The molecule has 1 aliphatic heterocycles. The summed E-state index contributed by atoms with van der Waals surface area (Å²) < 4.78 is 23.0. The SMILES string of the molecule is Cc1ccc(NC(=O)c2cncc(C(=O)NC3CCS(=O)(=O)C3)c2)cc1. The van der Waals surface area contributed by atoms with Gasteiger partial charge in [0.1, 0.15) is 0 Å². The maximum absolute atomic E-state index is 12.3. The van der Waals surface area contributed by atoms with Crippen LogP contribution in [0.4, 0.5) is 5.69 Å². The molecule has 26 heavy (non-hydrogen) atoms. The van der Waals surface area contributed by atoms with Crippen molar-refractivity contribution in [2.45, 2.75) is 19.4 Å². The summed E-state index contributed by atoms with van der Waals surface area (Å²) in [7, 11) is -3.08. The first-order valence-electron chi connectivity index (χ1n) is 8.17. The van der Waals surface area contributed by atoms with Crippen molar-refractivity contribution in [2.75, 3.05) is 16.8 Å². The summed E-state index contributed by atoms with van der Waals surface area (Å²) in [4.78, 5) is 28.6. The monoisotopic (exact) mass is 373 g/mol. The van der Waals surface area contributed by atoms with Gasteiger partial charge in [0, 0.05) is 24.1 Å². The number of anilines is 1. The zero-order chi connectivity index (χ0) is 18.7. The average Bonchev–Trinajstić information content (AvgIpc) is 2.95. The van der Waals surface area contributed by atoms with Gasteiger partial charge in [0.05, 0.1) is 22.6 Å². The van der Waals surface area contributed by atoms with Gasteiger partial charge in [-0.2, -0.15) is 0 Å². The number of amides is 2. The Hall–Kier alpha value is -2.74. The highest BCUT2D eigenvalue weighted by Gasteiger charge is 2.29. The Bertz CT molecular complexity index is 939. The van der Waals surface area contributed by atoms with E-state index in [2.05, 4.69) is 15.6 Å². The Morgan fingerprint density at radius 2 is 1.73 bits per heavy atom. The van der Waals surface area contributed by atoms with Crippen LogP contribution in [0.15, 0.2) is 42.7 Å². The second kappa shape index (κ2) is 7.25. The molecule has 1 aromatic heterocycles. The standard InChI is InChI=1S/C18H19N3O4S/c1-12-2-4-15(5-3-12)20-17(22)13-8-14(10-19-9-13)18(23)21-16-6-7-26(24,25)11-16/h2-5,8-10,16H,6-7,11H2,1H3,(H,20,22)(H,21,23). The highest BCUT2D eigenvalue weighted by Crippen LogP contribution is 2.14. The molecule has 1 aliphatic rings. The second-order valence-electron chi connectivity index (χ2n) is 6.36. The van der Waals surface area contributed by atoms with Gasteiger partial charge in [-0.05, 0) is 31.5 Å². The lowest BCUT2D eigenvalue weighted by atomic mass is 10.1. The molecule has 136 valence electrons.